The highest BCUT2D eigenvalue weighted by molar-refractivity contribution is 6.30. The normalized spacial score (nSPS) is 20.4. The highest BCUT2D eigenvalue weighted by Gasteiger charge is 2.41. The van der Waals surface area contributed by atoms with Crippen molar-refractivity contribution in [2.45, 2.75) is 5.92 Å². The monoisotopic (exact) mass is 342 g/mol. The van der Waals surface area contributed by atoms with E-state index in [9.17, 15) is 4.79 Å². The molecule has 120 valence electrons. The zero-order valence-electron chi connectivity index (χ0n) is 12.4. The Kier molecular flexibility index (Phi) is 2.82. The smallest absolute Gasteiger partial charge is 0.339 e. The molecule has 3 aliphatic heterocycles. The zero-order valence-corrected chi connectivity index (χ0v) is 13.1. The van der Waals surface area contributed by atoms with E-state index in [1.807, 2.05) is 24.3 Å². The van der Waals surface area contributed by atoms with Gasteiger partial charge in [0.2, 0.25) is 6.79 Å². The van der Waals surface area contributed by atoms with E-state index in [1.165, 1.54) is 0 Å². The summed E-state index contributed by atoms with van der Waals surface area (Å²) in [4.78, 5) is 12.3. The molecule has 2 aromatic carbocycles. The number of halogens is 1. The fraction of sp³-hybridized carbons (Fsp3) is 0.167. The SMILES string of the molecule is O=C1OCC2=C1C(c1cccc(Cl)c1)c1cc3c(cc1O2)OCO3. The maximum Gasteiger partial charge on any atom is 0.339 e. The van der Waals surface area contributed by atoms with Gasteiger partial charge in [-0.05, 0) is 23.8 Å². The summed E-state index contributed by atoms with van der Waals surface area (Å²) in [5.41, 5.74) is 2.25. The highest BCUT2D eigenvalue weighted by atomic mass is 35.5. The number of carbonyl (C=O) groups excluding carboxylic acids is 1. The Bertz CT molecular complexity index is 918. The minimum atomic E-state index is -0.363. The first-order valence-electron chi connectivity index (χ1n) is 7.48. The summed E-state index contributed by atoms with van der Waals surface area (Å²) < 4.78 is 22.0. The quantitative estimate of drug-likeness (QED) is 0.743. The van der Waals surface area contributed by atoms with Crippen molar-refractivity contribution in [3.63, 3.8) is 0 Å². The lowest BCUT2D eigenvalue weighted by Crippen LogP contribution is -2.18. The van der Waals surface area contributed by atoms with Crippen molar-refractivity contribution in [2.75, 3.05) is 13.4 Å². The molecule has 6 heteroatoms. The number of ether oxygens (including phenoxy) is 4. The van der Waals surface area contributed by atoms with E-state index in [4.69, 9.17) is 30.5 Å². The topological polar surface area (TPSA) is 54.0 Å². The van der Waals surface area contributed by atoms with Crippen LogP contribution in [-0.2, 0) is 9.53 Å². The van der Waals surface area contributed by atoms with Crippen molar-refractivity contribution in [2.24, 2.45) is 0 Å². The van der Waals surface area contributed by atoms with Crippen LogP contribution in [0.4, 0.5) is 0 Å². The van der Waals surface area contributed by atoms with E-state index < -0.39 is 0 Å². The third-order valence-corrected chi connectivity index (χ3v) is 4.61. The third kappa shape index (κ3) is 1.91. The third-order valence-electron chi connectivity index (χ3n) is 4.37. The van der Waals surface area contributed by atoms with Crippen LogP contribution < -0.4 is 14.2 Å². The number of hydrogen-bond acceptors (Lipinski definition) is 5. The van der Waals surface area contributed by atoms with Crippen molar-refractivity contribution < 1.29 is 23.7 Å². The molecule has 1 atom stereocenters. The molecule has 3 heterocycles. The zero-order chi connectivity index (χ0) is 16.3. The molecule has 0 bridgehead atoms. The van der Waals surface area contributed by atoms with Gasteiger partial charge in [0.05, 0.1) is 5.57 Å². The summed E-state index contributed by atoms with van der Waals surface area (Å²) >= 11 is 6.16. The minimum Gasteiger partial charge on any atom is -0.457 e. The van der Waals surface area contributed by atoms with Gasteiger partial charge in [-0.15, -0.1) is 0 Å². The summed E-state index contributed by atoms with van der Waals surface area (Å²) in [6.07, 6.45) is 0. The van der Waals surface area contributed by atoms with E-state index in [0.29, 0.717) is 33.6 Å². The number of esters is 1. The van der Waals surface area contributed by atoms with Gasteiger partial charge < -0.3 is 18.9 Å². The molecule has 1 unspecified atom stereocenters. The summed E-state index contributed by atoms with van der Waals surface area (Å²) in [6.45, 7) is 0.314. The first-order chi connectivity index (χ1) is 11.7. The fourth-order valence-corrected chi connectivity index (χ4v) is 3.54. The van der Waals surface area contributed by atoms with Crippen LogP contribution in [0.2, 0.25) is 5.02 Å². The van der Waals surface area contributed by atoms with Gasteiger partial charge in [-0.25, -0.2) is 4.79 Å². The number of rotatable bonds is 1. The van der Waals surface area contributed by atoms with E-state index in [1.54, 1.807) is 12.1 Å². The Morgan fingerprint density at radius 2 is 1.83 bits per heavy atom. The molecule has 0 saturated heterocycles. The maximum atomic E-state index is 12.3. The van der Waals surface area contributed by atoms with E-state index in [2.05, 4.69) is 0 Å². The number of fused-ring (bicyclic) bond motifs is 2. The average Bonchev–Trinajstić information content (AvgIpc) is 3.17. The van der Waals surface area contributed by atoms with Gasteiger partial charge in [-0.1, -0.05) is 23.7 Å². The molecule has 0 aliphatic carbocycles. The van der Waals surface area contributed by atoms with Crippen LogP contribution in [0.3, 0.4) is 0 Å². The summed E-state index contributed by atoms with van der Waals surface area (Å²) in [6, 6.07) is 11.1. The van der Waals surface area contributed by atoms with Crippen molar-refractivity contribution >= 4 is 17.6 Å². The second-order valence-corrected chi connectivity index (χ2v) is 6.18. The molecule has 0 N–H and O–H groups in total. The van der Waals surface area contributed by atoms with Gasteiger partial charge in [0.1, 0.15) is 12.4 Å². The summed E-state index contributed by atoms with van der Waals surface area (Å²) in [5, 5.41) is 0.606. The molecule has 0 spiro atoms. The Balaban J connectivity index is 1.75. The second kappa shape index (κ2) is 4.92. The first kappa shape index (κ1) is 13.7. The molecule has 0 fully saturated rings. The van der Waals surface area contributed by atoms with Crippen LogP contribution in [0.5, 0.6) is 17.2 Å². The summed E-state index contributed by atoms with van der Waals surface area (Å²) in [7, 11) is 0. The van der Waals surface area contributed by atoms with Gasteiger partial charge in [0.25, 0.3) is 0 Å². The fourth-order valence-electron chi connectivity index (χ4n) is 3.34. The van der Waals surface area contributed by atoms with Gasteiger partial charge in [0.15, 0.2) is 17.3 Å². The minimum absolute atomic E-state index is 0.138. The number of hydrogen-bond donors (Lipinski definition) is 0. The van der Waals surface area contributed by atoms with Crippen molar-refractivity contribution in [3.05, 3.63) is 63.9 Å². The molecule has 5 nitrogen and oxygen atoms in total. The molecule has 0 radical (unpaired) electrons. The van der Waals surface area contributed by atoms with Gasteiger partial charge in [0, 0.05) is 22.6 Å². The van der Waals surface area contributed by atoms with E-state index in [-0.39, 0.29) is 25.3 Å². The molecular formula is C18H11ClO5. The molecule has 3 aliphatic rings. The number of carbonyl (C=O) groups is 1. The molecule has 0 amide bonds. The van der Waals surface area contributed by atoms with Gasteiger partial charge in [-0.2, -0.15) is 0 Å². The number of cyclic esters (lactones) is 1. The van der Waals surface area contributed by atoms with Crippen LogP contribution in [0.15, 0.2) is 47.7 Å². The van der Waals surface area contributed by atoms with E-state index in [0.717, 1.165) is 11.1 Å². The lowest BCUT2D eigenvalue weighted by molar-refractivity contribution is -0.136. The predicted molar refractivity (Wildman–Crippen MR) is 84.5 cm³/mol. The Hall–Kier alpha value is -2.66. The lowest BCUT2D eigenvalue weighted by Gasteiger charge is -2.26. The largest absolute Gasteiger partial charge is 0.457 e. The van der Waals surface area contributed by atoms with Crippen molar-refractivity contribution in [1.82, 2.24) is 0 Å². The highest BCUT2D eigenvalue weighted by Crippen LogP contribution is 2.50. The van der Waals surface area contributed by atoms with Gasteiger partial charge in [-0.3, -0.25) is 0 Å². The maximum absolute atomic E-state index is 12.3. The Morgan fingerprint density at radius 3 is 2.67 bits per heavy atom. The van der Waals surface area contributed by atoms with Gasteiger partial charge >= 0.3 is 5.97 Å². The standard InChI is InChI=1S/C18H11ClO5/c19-10-3-1-2-9(4-10)16-11-5-13-14(23-8-22-13)6-12(11)24-15-7-21-18(20)17(15)16/h1-6,16H,7-8H2. The number of benzene rings is 2. The van der Waals surface area contributed by atoms with Crippen molar-refractivity contribution in [3.8, 4) is 17.2 Å². The predicted octanol–water partition coefficient (Wildman–Crippen LogP) is 3.40. The first-order valence-corrected chi connectivity index (χ1v) is 7.85. The molecule has 0 aromatic heterocycles. The molecule has 5 rings (SSSR count). The molecule has 0 saturated carbocycles. The Morgan fingerprint density at radius 1 is 1.00 bits per heavy atom. The second-order valence-electron chi connectivity index (χ2n) is 5.75. The van der Waals surface area contributed by atoms with Crippen LogP contribution >= 0.6 is 11.6 Å². The lowest BCUT2D eigenvalue weighted by atomic mass is 9.82. The van der Waals surface area contributed by atoms with E-state index >= 15 is 0 Å². The van der Waals surface area contributed by atoms with Crippen molar-refractivity contribution in [1.29, 1.82) is 0 Å². The van der Waals surface area contributed by atoms with Crippen LogP contribution in [0.25, 0.3) is 0 Å². The summed E-state index contributed by atoms with van der Waals surface area (Å²) in [5.74, 6) is 1.77. The van der Waals surface area contributed by atoms with Crippen LogP contribution in [0.1, 0.15) is 17.0 Å². The van der Waals surface area contributed by atoms with Crippen LogP contribution in [0, 0.1) is 0 Å². The average molecular weight is 343 g/mol. The van der Waals surface area contributed by atoms with Crippen LogP contribution in [-0.4, -0.2) is 19.4 Å². The molecule has 2 aromatic rings. The Labute approximate surface area is 142 Å². The molecular weight excluding hydrogens is 332 g/mol. The molecule has 24 heavy (non-hydrogen) atoms.